The highest BCUT2D eigenvalue weighted by atomic mass is 32.2. The first-order valence-corrected chi connectivity index (χ1v) is 9.64. The fourth-order valence-electron chi connectivity index (χ4n) is 2.77. The summed E-state index contributed by atoms with van der Waals surface area (Å²) < 4.78 is 38.1. The van der Waals surface area contributed by atoms with Crippen molar-refractivity contribution in [3.05, 3.63) is 29.8 Å². The standard InChI is InChI=1S/C17H22N2O5S/c1-3-23-17(20)16(14-5-4-10-24-15(14)11-18)19-25(21,22)13-8-6-12(2)7-9-13/h6-9,14-16,19H,3-5,10H2,1-2H3/t14-,15?,16+/m1/s1. The van der Waals surface area contributed by atoms with Crippen LogP contribution in [0.15, 0.2) is 29.2 Å². The molecular formula is C17H22N2O5S. The Balaban J connectivity index is 2.30. The van der Waals surface area contributed by atoms with E-state index < -0.39 is 34.1 Å². The van der Waals surface area contributed by atoms with Crippen molar-refractivity contribution < 1.29 is 22.7 Å². The van der Waals surface area contributed by atoms with Crippen LogP contribution in [0.5, 0.6) is 0 Å². The molecule has 8 heteroatoms. The van der Waals surface area contributed by atoms with E-state index in [0.717, 1.165) is 5.56 Å². The van der Waals surface area contributed by atoms with Crippen molar-refractivity contribution in [2.75, 3.05) is 13.2 Å². The first-order valence-electron chi connectivity index (χ1n) is 8.16. The number of nitrogens with zero attached hydrogens (tertiary/aromatic N) is 1. The Kier molecular flexibility index (Phi) is 6.53. The lowest BCUT2D eigenvalue weighted by molar-refractivity contribution is -0.149. The molecule has 7 nitrogen and oxygen atoms in total. The van der Waals surface area contributed by atoms with Crippen molar-refractivity contribution in [2.24, 2.45) is 5.92 Å². The number of carbonyl (C=O) groups excluding carboxylic acids is 1. The van der Waals surface area contributed by atoms with E-state index in [1.165, 1.54) is 12.1 Å². The Morgan fingerprint density at radius 1 is 1.44 bits per heavy atom. The Labute approximate surface area is 148 Å². The Morgan fingerprint density at radius 3 is 2.72 bits per heavy atom. The molecule has 1 fully saturated rings. The molecule has 0 radical (unpaired) electrons. The van der Waals surface area contributed by atoms with Gasteiger partial charge in [-0.05, 0) is 38.8 Å². The molecule has 1 N–H and O–H groups in total. The molecule has 1 aromatic rings. The summed E-state index contributed by atoms with van der Waals surface area (Å²) in [6.07, 6.45) is 0.284. The van der Waals surface area contributed by atoms with Crippen molar-refractivity contribution in [1.29, 1.82) is 5.26 Å². The predicted octanol–water partition coefficient (Wildman–Crippen LogP) is 1.52. The zero-order valence-electron chi connectivity index (χ0n) is 14.3. The number of carbonyl (C=O) groups is 1. The van der Waals surface area contributed by atoms with Crippen LogP contribution in [-0.4, -0.2) is 39.7 Å². The van der Waals surface area contributed by atoms with E-state index in [9.17, 15) is 18.5 Å². The van der Waals surface area contributed by atoms with E-state index >= 15 is 0 Å². The van der Waals surface area contributed by atoms with Crippen molar-refractivity contribution in [3.8, 4) is 6.07 Å². The van der Waals surface area contributed by atoms with Gasteiger partial charge in [-0.1, -0.05) is 17.7 Å². The number of sulfonamides is 1. The number of esters is 1. The highest BCUT2D eigenvalue weighted by Gasteiger charge is 2.40. The van der Waals surface area contributed by atoms with Crippen molar-refractivity contribution in [1.82, 2.24) is 4.72 Å². The lowest BCUT2D eigenvalue weighted by Gasteiger charge is -2.32. The molecule has 1 aliphatic rings. The average Bonchev–Trinajstić information content (AvgIpc) is 2.60. The Hall–Kier alpha value is -1.95. The van der Waals surface area contributed by atoms with Crippen molar-refractivity contribution in [2.45, 2.75) is 43.7 Å². The quantitative estimate of drug-likeness (QED) is 0.765. The second-order valence-electron chi connectivity index (χ2n) is 5.89. The zero-order chi connectivity index (χ0) is 18.4. The summed E-state index contributed by atoms with van der Waals surface area (Å²) in [5.74, 6) is -1.30. The average molecular weight is 366 g/mol. The Morgan fingerprint density at radius 2 is 2.12 bits per heavy atom. The van der Waals surface area contributed by atoms with Crippen LogP contribution in [-0.2, 0) is 24.3 Å². The van der Waals surface area contributed by atoms with Crippen LogP contribution in [0.1, 0.15) is 25.3 Å². The SMILES string of the molecule is CCOC(=O)[C@@H](NS(=O)(=O)c1ccc(C)cc1)[C@@H]1CCCOC1C#N. The van der Waals surface area contributed by atoms with Crippen molar-refractivity contribution in [3.63, 3.8) is 0 Å². The highest BCUT2D eigenvalue weighted by molar-refractivity contribution is 7.89. The number of benzene rings is 1. The van der Waals surface area contributed by atoms with Gasteiger partial charge in [-0.2, -0.15) is 9.98 Å². The number of hydrogen-bond acceptors (Lipinski definition) is 6. The van der Waals surface area contributed by atoms with Crippen LogP contribution < -0.4 is 4.72 Å². The van der Waals surface area contributed by atoms with Gasteiger partial charge in [0.25, 0.3) is 0 Å². The molecule has 1 heterocycles. The van der Waals surface area contributed by atoms with E-state index in [1.807, 2.05) is 13.0 Å². The molecule has 1 unspecified atom stereocenters. The first kappa shape index (κ1) is 19.4. The van der Waals surface area contributed by atoms with Gasteiger partial charge in [0.05, 0.1) is 17.6 Å². The molecule has 0 saturated carbocycles. The summed E-state index contributed by atoms with van der Waals surface area (Å²) in [7, 11) is -3.94. The molecule has 2 rings (SSSR count). The van der Waals surface area contributed by atoms with E-state index in [0.29, 0.717) is 19.4 Å². The van der Waals surface area contributed by atoms with Crippen LogP contribution in [0.3, 0.4) is 0 Å². The molecule has 0 spiro atoms. The van der Waals surface area contributed by atoms with Crippen molar-refractivity contribution >= 4 is 16.0 Å². The van der Waals surface area contributed by atoms with Crippen LogP contribution in [0.4, 0.5) is 0 Å². The minimum Gasteiger partial charge on any atom is -0.465 e. The lowest BCUT2D eigenvalue weighted by atomic mass is 9.88. The van der Waals surface area contributed by atoms with Gasteiger partial charge in [-0.3, -0.25) is 4.79 Å². The molecule has 25 heavy (non-hydrogen) atoms. The number of nitriles is 1. The van der Waals surface area contributed by atoms with E-state index in [1.54, 1.807) is 19.1 Å². The van der Waals surface area contributed by atoms with Crippen LogP contribution in [0.25, 0.3) is 0 Å². The maximum absolute atomic E-state index is 12.7. The monoisotopic (exact) mass is 366 g/mol. The molecule has 1 aromatic carbocycles. The molecule has 3 atom stereocenters. The third kappa shape index (κ3) is 4.78. The van der Waals surface area contributed by atoms with Gasteiger partial charge >= 0.3 is 5.97 Å². The molecule has 0 aromatic heterocycles. The largest absolute Gasteiger partial charge is 0.465 e. The fourth-order valence-corrected chi connectivity index (χ4v) is 4.01. The number of hydrogen-bond donors (Lipinski definition) is 1. The lowest BCUT2D eigenvalue weighted by Crippen LogP contribution is -2.51. The smallest absolute Gasteiger partial charge is 0.324 e. The highest BCUT2D eigenvalue weighted by Crippen LogP contribution is 2.26. The number of aryl methyl sites for hydroxylation is 1. The maximum Gasteiger partial charge on any atom is 0.324 e. The fraction of sp³-hybridized carbons (Fsp3) is 0.529. The summed E-state index contributed by atoms with van der Waals surface area (Å²) in [4.78, 5) is 12.4. The second kappa shape index (κ2) is 8.43. The summed E-state index contributed by atoms with van der Waals surface area (Å²) in [6, 6.07) is 7.12. The van der Waals surface area contributed by atoms with Crippen LogP contribution in [0.2, 0.25) is 0 Å². The molecule has 1 saturated heterocycles. The van der Waals surface area contributed by atoms with Gasteiger partial charge in [0.2, 0.25) is 10.0 Å². The van der Waals surface area contributed by atoms with Crippen LogP contribution in [0, 0.1) is 24.2 Å². The summed E-state index contributed by atoms with van der Waals surface area (Å²) >= 11 is 0. The molecule has 1 aliphatic heterocycles. The molecule has 0 aliphatic carbocycles. The predicted molar refractivity (Wildman–Crippen MR) is 90.0 cm³/mol. The zero-order valence-corrected chi connectivity index (χ0v) is 15.1. The maximum atomic E-state index is 12.7. The minimum absolute atomic E-state index is 0.0534. The summed E-state index contributed by atoms with van der Waals surface area (Å²) in [5, 5.41) is 9.26. The third-order valence-electron chi connectivity index (χ3n) is 4.08. The molecule has 0 amide bonds. The van der Waals surface area contributed by atoms with E-state index in [4.69, 9.17) is 9.47 Å². The van der Waals surface area contributed by atoms with Crippen LogP contribution >= 0.6 is 0 Å². The molecule has 136 valence electrons. The third-order valence-corrected chi connectivity index (χ3v) is 5.53. The van der Waals surface area contributed by atoms with Gasteiger partial charge in [0.1, 0.15) is 12.1 Å². The normalized spacial score (nSPS) is 22.0. The van der Waals surface area contributed by atoms with Gasteiger partial charge in [0.15, 0.2) is 0 Å². The Bertz CT molecular complexity index is 739. The molecule has 0 bridgehead atoms. The van der Waals surface area contributed by atoms with Gasteiger partial charge in [-0.25, -0.2) is 8.42 Å². The van der Waals surface area contributed by atoms with Gasteiger partial charge < -0.3 is 9.47 Å². The number of nitrogens with one attached hydrogen (secondary N) is 1. The number of rotatable bonds is 6. The molecular weight excluding hydrogens is 344 g/mol. The van der Waals surface area contributed by atoms with E-state index in [2.05, 4.69) is 4.72 Å². The van der Waals surface area contributed by atoms with E-state index in [-0.39, 0.29) is 11.5 Å². The number of ether oxygens (including phenoxy) is 2. The first-order chi connectivity index (χ1) is 11.9. The second-order valence-corrected chi connectivity index (χ2v) is 7.60. The summed E-state index contributed by atoms with van der Waals surface area (Å²) in [5.41, 5.74) is 0.922. The van der Waals surface area contributed by atoms with Gasteiger partial charge in [-0.15, -0.1) is 0 Å². The minimum atomic E-state index is -3.94. The topological polar surface area (TPSA) is 105 Å². The summed E-state index contributed by atoms with van der Waals surface area (Å²) in [6.45, 7) is 4.02. The van der Waals surface area contributed by atoms with Gasteiger partial charge in [0, 0.05) is 12.5 Å².